The van der Waals surface area contributed by atoms with E-state index in [2.05, 4.69) is 15.9 Å². The summed E-state index contributed by atoms with van der Waals surface area (Å²) in [5.41, 5.74) is -0.886. The summed E-state index contributed by atoms with van der Waals surface area (Å²) in [6.07, 6.45) is 5.07. The van der Waals surface area contributed by atoms with Gasteiger partial charge in [-0.25, -0.2) is 0 Å². The SMILES string of the molecule is CC(C)(C)C(=O)C(CCCCCCBr)C(=O)C(C)(C)C. The largest absolute Gasteiger partial charge is 0.298 e. The standard InChI is InChI=1S/C17H31BrO2/c1-16(2,3)14(19)13(15(20)17(4,5)6)11-9-7-8-10-12-18/h13H,7-12H2,1-6H3. The van der Waals surface area contributed by atoms with Crippen molar-refractivity contribution < 1.29 is 9.59 Å². The second-order valence-electron chi connectivity index (χ2n) is 7.67. The molecule has 3 heteroatoms. The van der Waals surface area contributed by atoms with Gasteiger partial charge in [0.1, 0.15) is 11.6 Å². The van der Waals surface area contributed by atoms with Gasteiger partial charge < -0.3 is 0 Å². The molecule has 0 aliphatic rings. The number of hydrogen-bond donors (Lipinski definition) is 0. The number of halogens is 1. The molecule has 0 rings (SSSR count). The molecule has 0 radical (unpaired) electrons. The Labute approximate surface area is 133 Å². The highest BCUT2D eigenvalue weighted by molar-refractivity contribution is 9.09. The Kier molecular flexibility index (Phi) is 8.23. The predicted octanol–water partition coefficient (Wildman–Crippen LogP) is 5.18. The topological polar surface area (TPSA) is 34.1 Å². The lowest BCUT2D eigenvalue weighted by atomic mass is 9.73. The Bertz CT molecular complexity index is 295. The minimum Gasteiger partial charge on any atom is -0.298 e. The zero-order valence-corrected chi connectivity index (χ0v) is 15.6. The molecule has 0 aliphatic carbocycles. The molecule has 0 aliphatic heterocycles. The van der Waals surface area contributed by atoms with Gasteiger partial charge in [-0.3, -0.25) is 9.59 Å². The van der Waals surface area contributed by atoms with E-state index in [1.54, 1.807) is 0 Å². The van der Waals surface area contributed by atoms with Crippen LogP contribution >= 0.6 is 15.9 Å². The van der Waals surface area contributed by atoms with Crippen molar-refractivity contribution in [3.05, 3.63) is 0 Å². The average molecular weight is 347 g/mol. The van der Waals surface area contributed by atoms with Crippen LogP contribution in [0.4, 0.5) is 0 Å². The van der Waals surface area contributed by atoms with Crippen LogP contribution in [0.1, 0.15) is 73.6 Å². The lowest BCUT2D eigenvalue weighted by Crippen LogP contribution is -2.39. The first-order chi connectivity index (χ1) is 9.01. The Balaban J connectivity index is 4.74. The zero-order valence-electron chi connectivity index (χ0n) is 14.0. The van der Waals surface area contributed by atoms with Crippen LogP contribution in [-0.2, 0) is 9.59 Å². The number of unbranched alkanes of at least 4 members (excludes halogenated alkanes) is 3. The van der Waals surface area contributed by atoms with Gasteiger partial charge in [-0.05, 0) is 12.8 Å². The van der Waals surface area contributed by atoms with Crippen molar-refractivity contribution in [3.8, 4) is 0 Å². The van der Waals surface area contributed by atoms with Crippen molar-refractivity contribution in [3.63, 3.8) is 0 Å². The van der Waals surface area contributed by atoms with Gasteiger partial charge in [-0.15, -0.1) is 0 Å². The Hall–Kier alpha value is -0.180. The lowest BCUT2D eigenvalue weighted by molar-refractivity contribution is -0.142. The molecular weight excluding hydrogens is 316 g/mol. The average Bonchev–Trinajstić information content (AvgIpc) is 2.30. The highest BCUT2D eigenvalue weighted by atomic mass is 79.9. The summed E-state index contributed by atoms with van der Waals surface area (Å²) in [4.78, 5) is 25.1. The summed E-state index contributed by atoms with van der Waals surface area (Å²) >= 11 is 3.42. The Morgan fingerprint density at radius 1 is 0.800 bits per heavy atom. The van der Waals surface area contributed by atoms with Crippen molar-refractivity contribution in [1.29, 1.82) is 0 Å². The van der Waals surface area contributed by atoms with E-state index in [0.717, 1.165) is 31.0 Å². The van der Waals surface area contributed by atoms with E-state index in [1.807, 2.05) is 41.5 Å². The fourth-order valence-corrected chi connectivity index (χ4v) is 2.62. The normalized spacial score (nSPS) is 12.8. The maximum Gasteiger partial charge on any atom is 0.148 e. The zero-order chi connectivity index (χ0) is 16.0. The van der Waals surface area contributed by atoms with E-state index in [1.165, 1.54) is 0 Å². The molecule has 20 heavy (non-hydrogen) atoms. The highest BCUT2D eigenvalue weighted by Crippen LogP contribution is 2.30. The molecule has 0 saturated heterocycles. The van der Waals surface area contributed by atoms with E-state index in [-0.39, 0.29) is 11.6 Å². The third kappa shape index (κ3) is 7.01. The van der Waals surface area contributed by atoms with Gasteiger partial charge in [-0.2, -0.15) is 0 Å². The third-order valence-corrected chi connectivity index (χ3v) is 4.05. The van der Waals surface area contributed by atoms with Gasteiger partial charge in [0.25, 0.3) is 0 Å². The van der Waals surface area contributed by atoms with Gasteiger partial charge in [0.05, 0.1) is 5.92 Å². The van der Waals surface area contributed by atoms with Crippen LogP contribution in [0, 0.1) is 16.7 Å². The molecule has 0 unspecified atom stereocenters. The van der Waals surface area contributed by atoms with Gasteiger partial charge in [0.2, 0.25) is 0 Å². The first-order valence-electron chi connectivity index (χ1n) is 7.66. The molecule has 0 aromatic carbocycles. The summed E-state index contributed by atoms with van der Waals surface area (Å²) < 4.78 is 0. The van der Waals surface area contributed by atoms with Crippen LogP contribution in [0.25, 0.3) is 0 Å². The quantitative estimate of drug-likeness (QED) is 0.344. The van der Waals surface area contributed by atoms with Crippen LogP contribution in [0.2, 0.25) is 0 Å². The van der Waals surface area contributed by atoms with Gasteiger partial charge in [0.15, 0.2) is 0 Å². The monoisotopic (exact) mass is 346 g/mol. The minimum absolute atomic E-state index is 0.0953. The second-order valence-corrected chi connectivity index (χ2v) is 8.47. The molecule has 0 spiro atoms. The van der Waals surface area contributed by atoms with E-state index in [9.17, 15) is 9.59 Å². The fraction of sp³-hybridized carbons (Fsp3) is 0.882. The molecular formula is C17H31BrO2. The summed E-state index contributed by atoms with van der Waals surface area (Å²) in [6, 6.07) is 0. The highest BCUT2D eigenvalue weighted by Gasteiger charge is 2.38. The Morgan fingerprint density at radius 3 is 1.55 bits per heavy atom. The number of alkyl halides is 1. The van der Waals surface area contributed by atoms with Crippen LogP contribution in [0.5, 0.6) is 0 Å². The van der Waals surface area contributed by atoms with Gasteiger partial charge in [-0.1, -0.05) is 76.7 Å². The number of carbonyl (C=O) groups is 2. The van der Waals surface area contributed by atoms with Crippen LogP contribution < -0.4 is 0 Å². The van der Waals surface area contributed by atoms with Gasteiger partial charge >= 0.3 is 0 Å². The molecule has 0 N–H and O–H groups in total. The molecule has 2 nitrogen and oxygen atoms in total. The van der Waals surface area contributed by atoms with Crippen molar-refractivity contribution in [1.82, 2.24) is 0 Å². The number of hydrogen-bond acceptors (Lipinski definition) is 2. The van der Waals surface area contributed by atoms with Crippen LogP contribution in [0.15, 0.2) is 0 Å². The fourth-order valence-electron chi connectivity index (χ4n) is 2.22. The minimum atomic E-state index is -0.443. The lowest BCUT2D eigenvalue weighted by Gasteiger charge is -2.28. The van der Waals surface area contributed by atoms with Crippen molar-refractivity contribution >= 4 is 27.5 Å². The van der Waals surface area contributed by atoms with Crippen LogP contribution in [0.3, 0.4) is 0 Å². The number of carbonyl (C=O) groups excluding carboxylic acids is 2. The van der Waals surface area contributed by atoms with E-state index >= 15 is 0 Å². The first-order valence-corrected chi connectivity index (χ1v) is 8.78. The number of ketones is 2. The molecule has 0 fully saturated rings. The molecule has 118 valence electrons. The van der Waals surface area contributed by atoms with E-state index in [4.69, 9.17) is 0 Å². The third-order valence-electron chi connectivity index (χ3n) is 3.49. The molecule has 0 saturated carbocycles. The molecule has 0 aromatic heterocycles. The van der Waals surface area contributed by atoms with E-state index in [0.29, 0.717) is 6.42 Å². The molecule has 0 aromatic rings. The predicted molar refractivity (Wildman–Crippen MR) is 89.3 cm³/mol. The summed E-state index contributed by atoms with van der Waals surface area (Å²) in [6.45, 7) is 11.4. The molecule has 0 atom stereocenters. The Morgan fingerprint density at radius 2 is 1.20 bits per heavy atom. The van der Waals surface area contributed by atoms with Gasteiger partial charge in [0, 0.05) is 16.2 Å². The van der Waals surface area contributed by atoms with Crippen molar-refractivity contribution in [2.24, 2.45) is 16.7 Å². The first kappa shape index (κ1) is 19.8. The maximum atomic E-state index is 12.5. The van der Waals surface area contributed by atoms with E-state index < -0.39 is 16.7 Å². The van der Waals surface area contributed by atoms with Crippen molar-refractivity contribution in [2.45, 2.75) is 73.6 Å². The molecule has 0 heterocycles. The smallest absolute Gasteiger partial charge is 0.148 e. The molecule has 0 bridgehead atoms. The summed E-state index contributed by atoms with van der Waals surface area (Å²) in [7, 11) is 0. The van der Waals surface area contributed by atoms with Crippen LogP contribution in [-0.4, -0.2) is 16.9 Å². The number of Topliss-reactive ketones (excluding diaryl/α,β-unsaturated/α-hetero) is 2. The summed E-state index contributed by atoms with van der Waals surface area (Å²) in [5.74, 6) is -0.241. The summed E-state index contributed by atoms with van der Waals surface area (Å²) in [5, 5.41) is 1.03. The number of rotatable bonds is 8. The van der Waals surface area contributed by atoms with Crippen molar-refractivity contribution in [2.75, 3.05) is 5.33 Å². The second kappa shape index (κ2) is 8.31. The maximum absolute atomic E-state index is 12.5. The molecule has 0 amide bonds.